The highest BCUT2D eigenvalue weighted by atomic mass is 19.4. The van der Waals surface area contributed by atoms with Gasteiger partial charge in [0.1, 0.15) is 17.6 Å². The van der Waals surface area contributed by atoms with Gasteiger partial charge in [0.05, 0.1) is 22.6 Å². The summed E-state index contributed by atoms with van der Waals surface area (Å²) in [5, 5.41) is 18.0. The van der Waals surface area contributed by atoms with E-state index in [4.69, 9.17) is 20.0 Å². The van der Waals surface area contributed by atoms with E-state index in [1.165, 1.54) is 6.08 Å². The van der Waals surface area contributed by atoms with Crippen LogP contribution in [0.5, 0.6) is 11.5 Å². The normalized spacial score (nSPS) is 18.7. The number of hydrogen-bond acceptors (Lipinski definition) is 6. The molecule has 0 amide bonds. The fourth-order valence-corrected chi connectivity index (χ4v) is 2.93. The van der Waals surface area contributed by atoms with E-state index in [9.17, 15) is 26.3 Å². The molecule has 0 saturated carbocycles. The summed E-state index contributed by atoms with van der Waals surface area (Å²) in [4.78, 5) is 7.26. The first kappa shape index (κ1) is 24.3. The summed E-state index contributed by atoms with van der Waals surface area (Å²) in [6.45, 7) is 0. The van der Waals surface area contributed by atoms with Gasteiger partial charge in [0.2, 0.25) is 12.4 Å². The van der Waals surface area contributed by atoms with Crippen molar-refractivity contribution in [3.63, 3.8) is 0 Å². The maximum atomic E-state index is 12.8. The average molecular weight is 478 g/mol. The van der Waals surface area contributed by atoms with E-state index < -0.39 is 29.6 Å². The Labute approximate surface area is 188 Å². The first-order valence-corrected chi connectivity index (χ1v) is 9.34. The molecule has 0 aliphatic heterocycles. The molecular formula is C22H12F6N4O2. The first-order chi connectivity index (χ1) is 16.0. The van der Waals surface area contributed by atoms with Crippen molar-refractivity contribution in [3.8, 4) is 23.9 Å². The van der Waals surface area contributed by atoms with Crippen molar-refractivity contribution in [2.24, 2.45) is 9.98 Å². The van der Waals surface area contributed by atoms with Crippen LogP contribution in [0.2, 0.25) is 0 Å². The Kier molecular flexibility index (Phi) is 6.92. The third-order valence-corrected chi connectivity index (χ3v) is 4.51. The van der Waals surface area contributed by atoms with Crippen LogP contribution >= 0.6 is 0 Å². The van der Waals surface area contributed by atoms with Crippen LogP contribution in [0.4, 0.5) is 26.3 Å². The molecule has 174 valence electrons. The number of ether oxygens (including phenoxy) is 2. The molecule has 0 heterocycles. The molecule has 0 aromatic heterocycles. The van der Waals surface area contributed by atoms with Crippen molar-refractivity contribution in [3.05, 3.63) is 71.5 Å². The molecule has 6 nitrogen and oxygen atoms in total. The second-order valence-electron chi connectivity index (χ2n) is 6.76. The minimum atomic E-state index is -4.54. The van der Waals surface area contributed by atoms with Crippen molar-refractivity contribution in [1.82, 2.24) is 0 Å². The molecule has 0 N–H and O–H groups in total. The smallest absolute Gasteiger partial charge is 0.416 e. The van der Waals surface area contributed by atoms with Crippen molar-refractivity contribution in [1.29, 1.82) is 10.5 Å². The van der Waals surface area contributed by atoms with Crippen molar-refractivity contribution < 1.29 is 35.8 Å². The third kappa shape index (κ3) is 5.92. The molecule has 3 rings (SSSR count). The zero-order valence-electron chi connectivity index (χ0n) is 16.9. The quantitative estimate of drug-likeness (QED) is 0.418. The van der Waals surface area contributed by atoms with E-state index in [1.807, 2.05) is 0 Å². The number of aliphatic imine (C=N–C) groups is 2. The van der Waals surface area contributed by atoms with Gasteiger partial charge in [-0.1, -0.05) is 0 Å². The van der Waals surface area contributed by atoms with E-state index in [0.29, 0.717) is 0 Å². The molecule has 1 aliphatic carbocycles. The Balaban J connectivity index is 1.87. The van der Waals surface area contributed by atoms with Gasteiger partial charge in [-0.15, -0.1) is 0 Å². The highest BCUT2D eigenvalue weighted by Gasteiger charge is 2.32. The molecule has 2 aromatic carbocycles. The van der Waals surface area contributed by atoms with Gasteiger partial charge >= 0.3 is 12.4 Å². The van der Waals surface area contributed by atoms with Crippen LogP contribution in [0, 0.1) is 22.9 Å². The van der Waals surface area contributed by atoms with E-state index in [0.717, 1.165) is 48.5 Å². The largest absolute Gasteiger partial charge is 0.484 e. The number of nitrogens with zero attached hydrogens (tertiary/aromatic N) is 4. The number of allylic oxidation sites excluding steroid dienone is 1. The van der Waals surface area contributed by atoms with Gasteiger partial charge in [0.25, 0.3) is 0 Å². The molecule has 0 saturated heterocycles. The van der Waals surface area contributed by atoms with Crippen LogP contribution in [-0.2, 0) is 12.4 Å². The number of halogens is 6. The van der Waals surface area contributed by atoms with E-state index in [2.05, 4.69) is 9.98 Å². The number of benzene rings is 2. The minimum Gasteiger partial charge on any atom is -0.484 e. The van der Waals surface area contributed by atoms with Gasteiger partial charge in [-0.05, 0) is 48.5 Å². The van der Waals surface area contributed by atoms with Crippen LogP contribution in [0.15, 0.2) is 70.4 Å². The number of hydrogen-bond donors (Lipinski definition) is 0. The zero-order chi connectivity index (χ0) is 24.9. The van der Waals surface area contributed by atoms with Crippen LogP contribution in [0.1, 0.15) is 17.5 Å². The van der Waals surface area contributed by atoms with Gasteiger partial charge in [0, 0.05) is 12.5 Å². The summed E-state index contributed by atoms with van der Waals surface area (Å²) in [7, 11) is 0. The molecule has 0 radical (unpaired) electrons. The predicted octanol–water partition coefficient (Wildman–Crippen LogP) is 5.68. The number of nitriles is 2. The second-order valence-corrected chi connectivity index (χ2v) is 6.76. The van der Waals surface area contributed by atoms with Gasteiger partial charge in [-0.25, -0.2) is 0 Å². The van der Waals surface area contributed by atoms with Gasteiger partial charge in [-0.2, -0.15) is 46.9 Å². The highest BCUT2D eigenvalue weighted by molar-refractivity contribution is 6.14. The monoisotopic (exact) mass is 478 g/mol. The van der Waals surface area contributed by atoms with Crippen LogP contribution in [0.3, 0.4) is 0 Å². The lowest BCUT2D eigenvalue weighted by atomic mass is 9.98. The minimum absolute atomic E-state index is 0.00306. The summed E-state index contributed by atoms with van der Waals surface area (Å²) in [6.07, 6.45) is -5.86. The molecule has 2 aromatic rings. The molecule has 0 fully saturated rings. The van der Waals surface area contributed by atoms with Crippen molar-refractivity contribution >= 4 is 11.4 Å². The number of rotatable bonds is 4. The summed E-state index contributed by atoms with van der Waals surface area (Å²) in [5.41, 5.74) is -1.72. The Morgan fingerprint density at radius 3 is 1.74 bits per heavy atom. The van der Waals surface area contributed by atoms with Crippen LogP contribution < -0.4 is 9.47 Å². The fourth-order valence-electron chi connectivity index (χ4n) is 2.93. The molecule has 1 aliphatic rings. The first-order valence-electron chi connectivity index (χ1n) is 9.34. The maximum absolute atomic E-state index is 12.8. The second kappa shape index (κ2) is 9.67. The Bertz CT molecular complexity index is 1220. The Morgan fingerprint density at radius 1 is 0.765 bits per heavy atom. The van der Waals surface area contributed by atoms with Crippen molar-refractivity contribution in [2.45, 2.75) is 24.9 Å². The topological polar surface area (TPSA) is 90.8 Å². The zero-order valence-corrected chi connectivity index (χ0v) is 16.9. The molecule has 0 bridgehead atoms. The van der Waals surface area contributed by atoms with Crippen LogP contribution in [0.25, 0.3) is 0 Å². The predicted molar refractivity (Wildman–Crippen MR) is 107 cm³/mol. The Morgan fingerprint density at radius 2 is 1.26 bits per heavy atom. The van der Waals surface area contributed by atoms with E-state index in [-0.39, 0.29) is 35.1 Å². The third-order valence-electron chi connectivity index (χ3n) is 4.51. The maximum Gasteiger partial charge on any atom is 0.416 e. The van der Waals surface area contributed by atoms with Crippen LogP contribution in [-0.4, -0.2) is 17.5 Å². The molecule has 12 heteroatoms. The Hall–Kier alpha value is -4.32. The highest BCUT2D eigenvalue weighted by Crippen LogP contribution is 2.32. The summed E-state index contributed by atoms with van der Waals surface area (Å²) < 4.78 is 87.8. The average Bonchev–Trinajstić information content (AvgIpc) is 2.76. The standard InChI is InChI=1S/C22H12F6N4O2/c23-21(24,25)13-1-5-15(6-2-13)33-19-9-18(32-12-30)20(10-17(19)31-11-29)34-16-7-3-14(4-8-16)22(26,27)28/h1-9,20H,10H2. The number of alkyl halides is 6. The van der Waals surface area contributed by atoms with Crippen molar-refractivity contribution in [2.75, 3.05) is 0 Å². The summed E-state index contributed by atoms with van der Waals surface area (Å²) in [6, 6.07) is 7.56. The lowest BCUT2D eigenvalue weighted by Gasteiger charge is -2.25. The molecular weight excluding hydrogens is 466 g/mol. The summed E-state index contributed by atoms with van der Waals surface area (Å²) >= 11 is 0. The SMILES string of the molecule is N#CN=C1CC(Oc2ccc(C(F)(F)F)cc2)C(=NC#N)C=C1Oc1ccc(C(F)(F)F)cc1. The molecule has 0 spiro atoms. The molecule has 34 heavy (non-hydrogen) atoms. The van der Waals surface area contributed by atoms with Gasteiger partial charge < -0.3 is 9.47 Å². The molecule has 1 atom stereocenters. The van der Waals surface area contributed by atoms with E-state index >= 15 is 0 Å². The fraction of sp³-hybridized carbons (Fsp3) is 0.182. The lowest BCUT2D eigenvalue weighted by Crippen LogP contribution is -2.35. The van der Waals surface area contributed by atoms with Gasteiger partial charge in [0.15, 0.2) is 5.76 Å². The molecule has 1 unspecified atom stereocenters. The lowest BCUT2D eigenvalue weighted by molar-refractivity contribution is -0.138. The van der Waals surface area contributed by atoms with Gasteiger partial charge in [-0.3, -0.25) is 0 Å². The summed E-state index contributed by atoms with van der Waals surface area (Å²) in [5.74, 6) is -0.00802. The van der Waals surface area contributed by atoms with E-state index in [1.54, 1.807) is 12.4 Å².